The molecule has 0 aliphatic carbocycles. The Balaban J connectivity index is 1.82. The Morgan fingerprint density at radius 2 is 1.79 bits per heavy atom. The molecular formula is C21H24ClN3O3S. The number of ether oxygens (including phenoxy) is 2. The lowest BCUT2D eigenvalue weighted by atomic mass is 10.1. The first-order chi connectivity index (χ1) is 13.8. The lowest BCUT2D eigenvalue weighted by Crippen LogP contribution is -2.31. The Labute approximate surface area is 179 Å². The fourth-order valence-electron chi connectivity index (χ4n) is 3.18. The van der Waals surface area contributed by atoms with Crippen LogP contribution in [0.25, 0.3) is 5.00 Å². The molecule has 3 rings (SSSR count). The van der Waals surface area contributed by atoms with Crippen LogP contribution in [0.5, 0.6) is 11.5 Å². The number of urea groups is 1. The van der Waals surface area contributed by atoms with E-state index < -0.39 is 0 Å². The molecule has 0 saturated carbocycles. The van der Waals surface area contributed by atoms with Crippen LogP contribution >= 0.6 is 22.9 Å². The van der Waals surface area contributed by atoms with Gasteiger partial charge in [0.05, 0.1) is 31.0 Å². The first kappa shape index (κ1) is 21.1. The number of aryl methyl sites for hydroxylation is 1. The predicted octanol–water partition coefficient (Wildman–Crippen LogP) is 5.71. The van der Waals surface area contributed by atoms with Crippen LogP contribution in [-0.4, -0.2) is 24.8 Å². The SMILES string of the molecule is COc1cc(OC)c(NC(=O)NC(C)c2c(-n3cccc3)sc(C)c2C)cc1Cl. The fraction of sp³-hybridized carbons (Fsp3) is 0.286. The van der Waals surface area contributed by atoms with Gasteiger partial charge in [-0.25, -0.2) is 4.79 Å². The highest BCUT2D eigenvalue weighted by Crippen LogP contribution is 2.37. The van der Waals surface area contributed by atoms with Gasteiger partial charge in [-0.1, -0.05) is 11.6 Å². The van der Waals surface area contributed by atoms with Crippen LogP contribution in [0.3, 0.4) is 0 Å². The van der Waals surface area contributed by atoms with Gasteiger partial charge in [0.15, 0.2) is 0 Å². The molecule has 0 fully saturated rings. The number of carbonyl (C=O) groups is 1. The number of hydrogen-bond acceptors (Lipinski definition) is 4. The molecule has 0 saturated heterocycles. The second kappa shape index (κ2) is 8.80. The minimum atomic E-state index is -0.348. The molecule has 0 aliphatic rings. The fourth-order valence-corrected chi connectivity index (χ4v) is 4.64. The Morgan fingerprint density at radius 3 is 2.41 bits per heavy atom. The predicted molar refractivity (Wildman–Crippen MR) is 118 cm³/mol. The molecule has 2 aromatic heterocycles. The van der Waals surface area contributed by atoms with Crippen LogP contribution in [0, 0.1) is 13.8 Å². The van der Waals surface area contributed by atoms with Crippen molar-refractivity contribution in [2.45, 2.75) is 26.8 Å². The number of anilines is 1. The third kappa shape index (κ3) is 4.36. The summed E-state index contributed by atoms with van der Waals surface area (Å²) in [5.41, 5.74) is 2.74. The van der Waals surface area contributed by atoms with Crippen molar-refractivity contribution in [3.05, 3.63) is 57.7 Å². The van der Waals surface area contributed by atoms with Crippen molar-refractivity contribution in [2.75, 3.05) is 19.5 Å². The van der Waals surface area contributed by atoms with Crippen LogP contribution in [0.15, 0.2) is 36.7 Å². The maximum Gasteiger partial charge on any atom is 0.319 e. The van der Waals surface area contributed by atoms with Crippen LogP contribution in [0.4, 0.5) is 10.5 Å². The number of rotatable bonds is 6. The molecule has 2 amide bonds. The van der Waals surface area contributed by atoms with Crippen LogP contribution < -0.4 is 20.1 Å². The Bertz CT molecular complexity index is 1010. The number of halogens is 1. The molecule has 1 aromatic carbocycles. The summed E-state index contributed by atoms with van der Waals surface area (Å²) in [7, 11) is 3.05. The Morgan fingerprint density at radius 1 is 1.14 bits per heavy atom. The monoisotopic (exact) mass is 433 g/mol. The molecule has 0 spiro atoms. The summed E-state index contributed by atoms with van der Waals surface area (Å²) in [5.74, 6) is 0.938. The van der Waals surface area contributed by atoms with E-state index in [9.17, 15) is 4.79 Å². The first-order valence-corrected chi connectivity index (χ1v) is 10.3. The molecule has 2 N–H and O–H groups in total. The second-order valence-electron chi connectivity index (χ2n) is 6.60. The average molecular weight is 434 g/mol. The van der Waals surface area contributed by atoms with E-state index in [-0.39, 0.29) is 12.1 Å². The zero-order valence-corrected chi connectivity index (χ0v) is 18.6. The summed E-state index contributed by atoms with van der Waals surface area (Å²) in [5, 5.41) is 7.32. The number of methoxy groups -OCH3 is 2. The molecule has 8 heteroatoms. The number of hydrogen-bond donors (Lipinski definition) is 2. The zero-order valence-electron chi connectivity index (χ0n) is 17.0. The minimum absolute atomic E-state index is 0.197. The average Bonchev–Trinajstić information content (AvgIpc) is 3.30. The summed E-state index contributed by atoms with van der Waals surface area (Å²) in [6.07, 6.45) is 4.01. The minimum Gasteiger partial charge on any atom is -0.495 e. The normalized spacial score (nSPS) is 11.8. The largest absolute Gasteiger partial charge is 0.495 e. The molecule has 154 valence electrons. The van der Waals surface area contributed by atoms with E-state index in [0.717, 1.165) is 10.6 Å². The summed E-state index contributed by atoms with van der Waals surface area (Å²) in [6, 6.07) is 6.67. The molecule has 0 radical (unpaired) electrons. The number of nitrogens with zero attached hydrogens (tertiary/aromatic N) is 1. The van der Waals surface area contributed by atoms with Crippen molar-refractivity contribution in [3.8, 4) is 16.5 Å². The zero-order chi connectivity index (χ0) is 21.1. The van der Waals surface area contributed by atoms with Crippen molar-refractivity contribution in [1.29, 1.82) is 0 Å². The van der Waals surface area contributed by atoms with E-state index in [2.05, 4.69) is 29.0 Å². The van der Waals surface area contributed by atoms with E-state index in [4.69, 9.17) is 21.1 Å². The topological polar surface area (TPSA) is 64.5 Å². The lowest BCUT2D eigenvalue weighted by Gasteiger charge is -2.19. The summed E-state index contributed by atoms with van der Waals surface area (Å²) >= 11 is 7.90. The number of nitrogens with one attached hydrogen (secondary N) is 2. The van der Waals surface area contributed by atoms with Crippen LogP contribution in [0.1, 0.15) is 29.0 Å². The molecule has 0 aliphatic heterocycles. The lowest BCUT2D eigenvalue weighted by molar-refractivity contribution is 0.249. The number of thiophene rings is 1. The van der Waals surface area contributed by atoms with Gasteiger partial charge in [-0.15, -0.1) is 11.3 Å². The van der Waals surface area contributed by atoms with Crippen molar-refractivity contribution in [2.24, 2.45) is 0 Å². The smallest absolute Gasteiger partial charge is 0.319 e. The number of aromatic nitrogens is 1. The van der Waals surface area contributed by atoms with E-state index >= 15 is 0 Å². The molecular weight excluding hydrogens is 410 g/mol. The summed E-state index contributed by atoms with van der Waals surface area (Å²) in [6.45, 7) is 6.14. The van der Waals surface area contributed by atoms with Crippen molar-refractivity contribution < 1.29 is 14.3 Å². The quantitative estimate of drug-likeness (QED) is 0.523. The van der Waals surface area contributed by atoms with Gasteiger partial charge in [0.25, 0.3) is 0 Å². The van der Waals surface area contributed by atoms with Gasteiger partial charge in [0, 0.05) is 28.9 Å². The Kier molecular flexibility index (Phi) is 6.39. The van der Waals surface area contributed by atoms with Gasteiger partial charge in [-0.3, -0.25) is 0 Å². The van der Waals surface area contributed by atoms with Gasteiger partial charge in [-0.05, 0) is 44.5 Å². The number of benzene rings is 1. The highest BCUT2D eigenvalue weighted by atomic mass is 35.5. The molecule has 6 nitrogen and oxygen atoms in total. The molecule has 1 unspecified atom stereocenters. The van der Waals surface area contributed by atoms with Crippen molar-refractivity contribution >= 4 is 34.7 Å². The highest BCUT2D eigenvalue weighted by molar-refractivity contribution is 7.14. The van der Waals surface area contributed by atoms with Gasteiger partial charge in [0.1, 0.15) is 16.5 Å². The third-order valence-electron chi connectivity index (χ3n) is 4.75. The highest BCUT2D eigenvalue weighted by Gasteiger charge is 2.21. The van der Waals surface area contributed by atoms with Crippen molar-refractivity contribution in [3.63, 3.8) is 0 Å². The molecule has 29 heavy (non-hydrogen) atoms. The second-order valence-corrected chi connectivity index (χ2v) is 8.21. The number of amides is 2. The van der Waals surface area contributed by atoms with Crippen LogP contribution in [0.2, 0.25) is 5.02 Å². The molecule has 1 atom stereocenters. The Hall–Kier alpha value is -2.64. The van der Waals surface area contributed by atoms with Crippen molar-refractivity contribution in [1.82, 2.24) is 9.88 Å². The van der Waals surface area contributed by atoms with Gasteiger partial charge < -0.3 is 24.7 Å². The van der Waals surface area contributed by atoms with Crippen LogP contribution in [-0.2, 0) is 0 Å². The number of carbonyl (C=O) groups excluding carboxylic acids is 1. The standard InChI is InChI=1S/C21H24ClN3O3S/c1-12-14(3)29-20(25-8-6-7-9-25)19(12)13(2)23-21(26)24-16-10-15(22)17(27-4)11-18(16)28-5/h6-11,13H,1-5H3,(H2,23,24,26). The molecule has 2 heterocycles. The molecule has 3 aromatic rings. The maximum atomic E-state index is 12.7. The van der Waals surface area contributed by atoms with Gasteiger partial charge in [0.2, 0.25) is 0 Å². The third-order valence-corrected chi connectivity index (χ3v) is 6.29. The molecule has 0 bridgehead atoms. The van der Waals surface area contributed by atoms with E-state index in [1.54, 1.807) is 23.5 Å². The van der Waals surface area contributed by atoms with E-state index in [1.807, 2.05) is 31.5 Å². The van der Waals surface area contributed by atoms with Gasteiger partial charge >= 0.3 is 6.03 Å². The van der Waals surface area contributed by atoms with E-state index in [1.165, 1.54) is 24.7 Å². The summed E-state index contributed by atoms with van der Waals surface area (Å²) < 4.78 is 12.6. The first-order valence-electron chi connectivity index (χ1n) is 9.08. The summed E-state index contributed by atoms with van der Waals surface area (Å²) in [4.78, 5) is 13.9. The van der Waals surface area contributed by atoms with Gasteiger partial charge in [-0.2, -0.15) is 0 Å². The maximum absolute atomic E-state index is 12.7. The van der Waals surface area contributed by atoms with E-state index in [0.29, 0.717) is 22.2 Å².